The van der Waals surface area contributed by atoms with Gasteiger partial charge in [-0.15, -0.1) is 0 Å². The van der Waals surface area contributed by atoms with Crippen molar-refractivity contribution < 1.29 is 28.6 Å². The number of ether oxygens (including phenoxy) is 3. The van der Waals surface area contributed by atoms with Gasteiger partial charge in [0, 0.05) is 19.3 Å². The first-order valence-corrected chi connectivity index (χ1v) is 30.8. The summed E-state index contributed by atoms with van der Waals surface area (Å²) in [7, 11) is 0. The van der Waals surface area contributed by atoms with Crippen molar-refractivity contribution in [2.45, 2.75) is 348 Å². The fraction of sp³-hybridized carbons (Fsp3) is 0.889. The maximum absolute atomic E-state index is 12.8. The smallest absolute Gasteiger partial charge is 0.306 e. The van der Waals surface area contributed by atoms with Gasteiger partial charge in [0.05, 0.1) is 0 Å². The highest BCUT2D eigenvalue weighted by Crippen LogP contribution is 2.17. The number of hydrogen-bond donors (Lipinski definition) is 0. The SMILES string of the molecule is CCCCC/C=C\CCCCCCCC(=O)OCC(COC(=O)CCCCCCCCCCCCCCCCCCCCCCCCCC)OC(=O)CCCCCCC/C=C\CCCCCCCC. The lowest BCUT2D eigenvalue weighted by Crippen LogP contribution is -2.30. The standard InChI is InChI=1S/C63H118O6/c1-4-7-10-13-16-19-22-25-27-28-29-30-31-32-33-34-35-37-38-41-44-47-50-53-56-62(65)68-59-60(58-67-61(64)55-52-49-46-43-40-24-21-18-15-12-9-6-3)69-63(66)57-54-51-48-45-42-39-36-26-23-20-17-14-11-8-5-2/h18,21,26,36,60H,4-17,19-20,22-25,27-35,37-59H2,1-3H3/b21-18-,36-26-. The number of unbranched alkanes of at least 4 members (excludes halogenated alkanes) is 42. The van der Waals surface area contributed by atoms with E-state index in [1.54, 1.807) is 0 Å². The Bertz CT molecular complexity index is 1110. The minimum atomic E-state index is -0.775. The molecule has 6 heteroatoms. The summed E-state index contributed by atoms with van der Waals surface area (Å²) < 4.78 is 16.9. The highest BCUT2D eigenvalue weighted by Gasteiger charge is 2.19. The van der Waals surface area contributed by atoms with Gasteiger partial charge in [0.2, 0.25) is 0 Å². The second kappa shape index (κ2) is 58.5. The molecule has 0 fully saturated rings. The molecule has 0 saturated carbocycles. The zero-order valence-electron chi connectivity index (χ0n) is 46.6. The number of esters is 3. The Kier molecular flexibility index (Phi) is 56.7. The summed E-state index contributed by atoms with van der Waals surface area (Å²) in [5, 5.41) is 0. The zero-order chi connectivity index (χ0) is 50.0. The molecule has 0 amide bonds. The molecule has 0 bridgehead atoms. The maximum Gasteiger partial charge on any atom is 0.306 e. The van der Waals surface area contributed by atoms with Crippen LogP contribution in [0.1, 0.15) is 342 Å². The third kappa shape index (κ3) is 56.7. The van der Waals surface area contributed by atoms with Crippen LogP contribution in [0.4, 0.5) is 0 Å². The van der Waals surface area contributed by atoms with Gasteiger partial charge >= 0.3 is 17.9 Å². The second-order valence-corrected chi connectivity index (χ2v) is 21.0. The molecule has 0 aromatic carbocycles. The maximum atomic E-state index is 12.8. The summed E-state index contributed by atoms with van der Waals surface area (Å²) in [6.07, 6.45) is 69.0. The van der Waals surface area contributed by atoms with Crippen molar-refractivity contribution >= 4 is 17.9 Å². The Morgan fingerprint density at radius 2 is 0.478 bits per heavy atom. The Morgan fingerprint density at radius 3 is 0.754 bits per heavy atom. The third-order valence-electron chi connectivity index (χ3n) is 13.9. The molecular weight excluding hydrogens is 853 g/mol. The molecule has 0 aliphatic heterocycles. The van der Waals surface area contributed by atoms with E-state index in [0.717, 1.165) is 70.6 Å². The highest BCUT2D eigenvalue weighted by molar-refractivity contribution is 5.71. The molecule has 1 unspecified atom stereocenters. The van der Waals surface area contributed by atoms with Gasteiger partial charge in [-0.2, -0.15) is 0 Å². The van der Waals surface area contributed by atoms with E-state index in [-0.39, 0.29) is 31.1 Å². The van der Waals surface area contributed by atoms with Crippen molar-refractivity contribution in [3.63, 3.8) is 0 Å². The first-order chi connectivity index (χ1) is 34.0. The molecular formula is C63H118O6. The lowest BCUT2D eigenvalue weighted by Gasteiger charge is -2.18. The summed E-state index contributed by atoms with van der Waals surface area (Å²) in [4.78, 5) is 38.2. The van der Waals surface area contributed by atoms with Crippen LogP contribution >= 0.6 is 0 Å². The van der Waals surface area contributed by atoms with Crippen molar-refractivity contribution in [3.8, 4) is 0 Å². The van der Waals surface area contributed by atoms with Gasteiger partial charge < -0.3 is 14.2 Å². The molecule has 0 heterocycles. The molecule has 0 saturated heterocycles. The number of hydrogen-bond acceptors (Lipinski definition) is 6. The van der Waals surface area contributed by atoms with E-state index in [0.29, 0.717) is 19.3 Å². The molecule has 1 atom stereocenters. The van der Waals surface area contributed by atoms with Crippen LogP contribution in [0.2, 0.25) is 0 Å². The first-order valence-electron chi connectivity index (χ1n) is 30.8. The number of allylic oxidation sites excluding steroid dienone is 4. The molecule has 0 N–H and O–H groups in total. The zero-order valence-corrected chi connectivity index (χ0v) is 46.6. The van der Waals surface area contributed by atoms with Gasteiger partial charge in [-0.1, -0.05) is 276 Å². The van der Waals surface area contributed by atoms with E-state index < -0.39 is 6.10 Å². The highest BCUT2D eigenvalue weighted by atomic mass is 16.6. The summed E-state index contributed by atoms with van der Waals surface area (Å²) in [5.74, 6) is -0.870. The van der Waals surface area contributed by atoms with Gasteiger partial charge in [0.15, 0.2) is 6.10 Å². The van der Waals surface area contributed by atoms with Crippen LogP contribution in [0.25, 0.3) is 0 Å². The predicted molar refractivity (Wildman–Crippen MR) is 298 cm³/mol. The van der Waals surface area contributed by atoms with E-state index in [9.17, 15) is 14.4 Å². The lowest BCUT2D eigenvalue weighted by atomic mass is 10.0. The molecule has 0 radical (unpaired) electrons. The topological polar surface area (TPSA) is 78.9 Å². The molecule has 0 aliphatic rings. The van der Waals surface area contributed by atoms with Crippen LogP contribution in [0.5, 0.6) is 0 Å². The number of carbonyl (C=O) groups is 3. The van der Waals surface area contributed by atoms with E-state index in [1.165, 1.54) is 231 Å². The van der Waals surface area contributed by atoms with Crippen LogP contribution in [-0.2, 0) is 28.6 Å². The molecule has 6 nitrogen and oxygen atoms in total. The van der Waals surface area contributed by atoms with Crippen molar-refractivity contribution in [3.05, 3.63) is 24.3 Å². The summed E-state index contributed by atoms with van der Waals surface area (Å²) >= 11 is 0. The Balaban J connectivity index is 4.21. The van der Waals surface area contributed by atoms with Crippen molar-refractivity contribution in [1.82, 2.24) is 0 Å². The van der Waals surface area contributed by atoms with Crippen LogP contribution in [0, 0.1) is 0 Å². The molecule has 0 rings (SSSR count). The molecule has 0 aromatic heterocycles. The monoisotopic (exact) mass is 971 g/mol. The van der Waals surface area contributed by atoms with Gasteiger partial charge in [0.25, 0.3) is 0 Å². The van der Waals surface area contributed by atoms with Gasteiger partial charge in [-0.3, -0.25) is 14.4 Å². The summed E-state index contributed by atoms with van der Waals surface area (Å²) in [5.41, 5.74) is 0. The fourth-order valence-corrected chi connectivity index (χ4v) is 9.26. The summed E-state index contributed by atoms with van der Waals surface area (Å²) in [6, 6.07) is 0. The molecule has 69 heavy (non-hydrogen) atoms. The van der Waals surface area contributed by atoms with Crippen molar-refractivity contribution in [2.75, 3.05) is 13.2 Å². The summed E-state index contributed by atoms with van der Waals surface area (Å²) in [6.45, 7) is 6.65. The van der Waals surface area contributed by atoms with Gasteiger partial charge in [-0.05, 0) is 70.6 Å². The Hall–Kier alpha value is -2.11. The van der Waals surface area contributed by atoms with Crippen LogP contribution < -0.4 is 0 Å². The largest absolute Gasteiger partial charge is 0.462 e. The van der Waals surface area contributed by atoms with Crippen LogP contribution in [-0.4, -0.2) is 37.2 Å². The molecule has 406 valence electrons. The number of carbonyl (C=O) groups excluding carboxylic acids is 3. The van der Waals surface area contributed by atoms with E-state index in [4.69, 9.17) is 14.2 Å². The second-order valence-electron chi connectivity index (χ2n) is 21.0. The molecule has 0 aliphatic carbocycles. The van der Waals surface area contributed by atoms with Gasteiger partial charge in [0.1, 0.15) is 13.2 Å². The Labute approximate surface area is 430 Å². The normalized spacial score (nSPS) is 12.1. The fourth-order valence-electron chi connectivity index (χ4n) is 9.26. The molecule has 0 aromatic rings. The minimum absolute atomic E-state index is 0.0727. The average molecular weight is 972 g/mol. The van der Waals surface area contributed by atoms with Crippen molar-refractivity contribution in [1.29, 1.82) is 0 Å². The third-order valence-corrected chi connectivity index (χ3v) is 13.9. The van der Waals surface area contributed by atoms with Crippen LogP contribution in [0.3, 0.4) is 0 Å². The quantitative estimate of drug-likeness (QED) is 0.0261. The van der Waals surface area contributed by atoms with Gasteiger partial charge in [-0.25, -0.2) is 0 Å². The van der Waals surface area contributed by atoms with E-state index in [1.807, 2.05) is 0 Å². The van der Waals surface area contributed by atoms with Crippen LogP contribution in [0.15, 0.2) is 24.3 Å². The Morgan fingerprint density at radius 1 is 0.275 bits per heavy atom. The molecule has 0 spiro atoms. The minimum Gasteiger partial charge on any atom is -0.462 e. The average Bonchev–Trinajstić information content (AvgIpc) is 3.35. The van der Waals surface area contributed by atoms with E-state index >= 15 is 0 Å². The van der Waals surface area contributed by atoms with E-state index in [2.05, 4.69) is 45.1 Å². The first kappa shape index (κ1) is 66.9. The number of rotatable bonds is 57. The van der Waals surface area contributed by atoms with Crippen molar-refractivity contribution in [2.24, 2.45) is 0 Å². The lowest BCUT2D eigenvalue weighted by molar-refractivity contribution is -0.167. The predicted octanol–water partition coefficient (Wildman–Crippen LogP) is 20.7.